The first-order valence-electron chi connectivity index (χ1n) is 6.50. The fourth-order valence-electron chi connectivity index (χ4n) is 2.03. The van der Waals surface area contributed by atoms with Crippen molar-refractivity contribution in [2.75, 3.05) is 6.61 Å². The van der Waals surface area contributed by atoms with Crippen LogP contribution in [0, 0.1) is 0 Å². The maximum absolute atomic E-state index is 13.1. The summed E-state index contributed by atoms with van der Waals surface area (Å²) in [5, 5.41) is 12.8. The largest absolute Gasteiger partial charge is 0.439 e. The Hall–Kier alpha value is -1.73. The van der Waals surface area contributed by atoms with E-state index < -0.39 is 11.9 Å². The van der Waals surface area contributed by atoms with Gasteiger partial charge in [0.25, 0.3) is 0 Å². The molecule has 0 saturated carbocycles. The molecule has 1 heterocycles. The van der Waals surface area contributed by atoms with Crippen LogP contribution in [0.1, 0.15) is 17.7 Å². The van der Waals surface area contributed by atoms with Crippen molar-refractivity contribution in [2.45, 2.75) is 19.0 Å². The van der Waals surface area contributed by atoms with E-state index >= 15 is 0 Å². The molecule has 0 spiro atoms. The molecule has 1 aromatic carbocycles. The maximum atomic E-state index is 13.1. The number of hydrogen-bond donors (Lipinski definition) is 1. The Kier molecular flexibility index (Phi) is 4.97. The lowest BCUT2D eigenvalue weighted by molar-refractivity contribution is -0.142. The fraction of sp³-hybridized carbons (Fsp3) is 0.357. The first-order chi connectivity index (χ1) is 10.3. The highest BCUT2D eigenvalue weighted by atomic mass is 35.5. The van der Waals surface area contributed by atoms with E-state index in [0.717, 1.165) is 4.68 Å². The Morgan fingerprint density at radius 1 is 1.36 bits per heavy atom. The molecule has 0 aliphatic carbocycles. The average molecular weight is 335 g/mol. The smallest absolute Gasteiger partial charge is 0.435 e. The van der Waals surface area contributed by atoms with Crippen molar-refractivity contribution >= 4 is 11.6 Å². The summed E-state index contributed by atoms with van der Waals surface area (Å²) in [4.78, 5) is 0. The highest BCUT2D eigenvalue weighted by molar-refractivity contribution is 6.30. The summed E-state index contributed by atoms with van der Waals surface area (Å²) in [6, 6.07) is 6.34. The summed E-state index contributed by atoms with van der Waals surface area (Å²) in [6.45, 7) is -0.219. The van der Waals surface area contributed by atoms with Crippen LogP contribution < -0.4 is 4.74 Å². The number of alkyl halides is 3. The Morgan fingerprint density at radius 3 is 2.68 bits per heavy atom. The molecular weight excluding hydrogens is 321 g/mol. The third-order valence-corrected chi connectivity index (χ3v) is 3.19. The molecule has 1 aromatic heterocycles. The molecule has 0 radical (unpaired) electrons. The predicted octanol–water partition coefficient (Wildman–Crippen LogP) is 3.81. The van der Waals surface area contributed by atoms with Gasteiger partial charge in [0, 0.05) is 24.2 Å². The van der Waals surface area contributed by atoms with E-state index in [-0.39, 0.29) is 30.9 Å². The second kappa shape index (κ2) is 6.58. The van der Waals surface area contributed by atoms with E-state index in [4.69, 9.17) is 21.4 Å². The van der Waals surface area contributed by atoms with E-state index in [0.29, 0.717) is 10.8 Å². The molecule has 0 fully saturated rings. The highest BCUT2D eigenvalue weighted by Crippen LogP contribution is 2.37. The highest BCUT2D eigenvalue weighted by Gasteiger charge is 2.39. The SMILES string of the molecule is Cn1nc(C(F)(F)F)c(CCCO)c1Oc1cccc(Cl)c1. The quantitative estimate of drug-likeness (QED) is 0.904. The van der Waals surface area contributed by atoms with Crippen LogP contribution in [-0.2, 0) is 19.6 Å². The lowest BCUT2D eigenvalue weighted by Crippen LogP contribution is -2.10. The third kappa shape index (κ3) is 3.72. The summed E-state index contributed by atoms with van der Waals surface area (Å²) >= 11 is 5.84. The summed E-state index contributed by atoms with van der Waals surface area (Å²) < 4.78 is 45.7. The third-order valence-electron chi connectivity index (χ3n) is 2.95. The van der Waals surface area contributed by atoms with Gasteiger partial charge < -0.3 is 9.84 Å². The average Bonchev–Trinajstić information content (AvgIpc) is 2.74. The molecule has 120 valence electrons. The minimum absolute atomic E-state index is 0.00901. The number of aromatic nitrogens is 2. The van der Waals surface area contributed by atoms with Gasteiger partial charge >= 0.3 is 6.18 Å². The monoisotopic (exact) mass is 334 g/mol. The van der Waals surface area contributed by atoms with Crippen molar-refractivity contribution in [2.24, 2.45) is 7.05 Å². The van der Waals surface area contributed by atoms with Crippen molar-refractivity contribution in [1.29, 1.82) is 0 Å². The molecule has 22 heavy (non-hydrogen) atoms. The van der Waals surface area contributed by atoms with E-state index in [1.54, 1.807) is 18.2 Å². The minimum atomic E-state index is -4.58. The topological polar surface area (TPSA) is 47.3 Å². The number of aliphatic hydroxyl groups is 1. The molecule has 8 heteroatoms. The Labute approximate surface area is 130 Å². The lowest BCUT2D eigenvalue weighted by Gasteiger charge is -2.10. The summed E-state index contributed by atoms with van der Waals surface area (Å²) in [7, 11) is 1.37. The summed E-state index contributed by atoms with van der Waals surface area (Å²) in [5.74, 6) is 0.303. The Balaban J connectivity index is 2.43. The maximum Gasteiger partial charge on any atom is 0.435 e. The van der Waals surface area contributed by atoms with Gasteiger partial charge in [-0.05, 0) is 31.0 Å². The van der Waals surface area contributed by atoms with Crippen LogP contribution in [0.15, 0.2) is 24.3 Å². The lowest BCUT2D eigenvalue weighted by atomic mass is 10.1. The summed E-state index contributed by atoms with van der Waals surface area (Å²) in [6.07, 6.45) is -4.39. The first kappa shape index (κ1) is 16.6. The van der Waals surface area contributed by atoms with Crippen molar-refractivity contribution in [3.63, 3.8) is 0 Å². The van der Waals surface area contributed by atoms with Crippen LogP contribution in [0.5, 0.6) is 11.6 Å². The second-order valence-corrected chi connectivity index (χ2v) is 5.08. The zero-order valence-corrected chi connectivity index (χ0v) is 12.4. The van der Waals surface area contributed by atoms with Gasteiger partial charge in [0.2, 0.25) is 5.88 Å². The van der Waals surface area contributed by atoms with Gasteiger partial charge in [0.1, 0.15) is 5.75 Å². The molecule has 4 nitrogen and oxygen atoms in total. The predicted molar refractivity (Wildman–Crippen MR) is 75.1 cm³/mol. The first-order valence-corrected chi connectivity index (χ1v) is 6.88. The van der Waals surface area contributed by atoms with Crippen LogP contribution >= 0.6 is 11.6 Å². The molecule has 0 atom stereocenters. The number of benzene rings is 1. The standard InChI is InChI=1S/C14H14ClF3N2O2/c1-20-13(22-10-5-2-4-9(15)8-10)11(6-3-7-21)12(19-20)14(16,17)18/h2,4-5,8,21H,3,6-7H2,1H3. The molecule has 0 unspecified atom stereocenters. The molecule has 0 bridgehead atoms. The van der Waals surface area contributed by atoms with E-state index in [1.807, 2.05) is 0 Å². The Morgan fingerprint density at radius 2 is 2.09 bits per heavy atom. The van der Waals surface area contributed by atoms with Crippen LogP contribution in [0.3, 0.4) is 0 Å². The molecule has 0 amide bonds. The number of hydrogen-bond acceptors (Lipinski definition) is 3. The number of aryl methyl sites for hydroxylation is 1. The molecule has 1 N–H and O–H groups in total. The van der Waals surface area contributed by atoms with Crippen molar-refractivity contribution in [3.05, 3.63) is 40.5 Å². The van der Waals surface area contributed by atoms with Gasteiger partial charge in [0.15, 0.2) is 5.69 Å². The van der Waals surface area contributed by atoms with E-state index in [2.05, 4.69) is 5.10 Å². The summed E-state index contributed by atoms with van der Waals surface area (Å²) in [5.41, 5.74) is -1.08. The zero-order valence-electron chi connectivity index (χ0n) is 11.7. The number of rotatable bonds is 5. The molecule has 2 rings (SSSR count). The van der Waals surface area contributed by atoms with Crippen molar-refractivity contribution < 1.29 is 23.0 Å². The fourth-order valence-corrected chi connectivity index (χ4v) is 2.21. The van der Waals surface area contributed by atoms with E-state index in [1.165, 1.54) is 13.1 Å². The molecule has 0 saturated heterocycles. The zero-order chi connectivity index (χ0) is 16.3. The van der Waals surface area contributed by atoms with Crippen LogP contribution in [0.4, 0.5) is 13.2 Å². The normalized spacial score (nSPS) is 11.7. The van der Waals surface area contributed by atoms with Crippen LogP contribution in [-0.4, -0.2) is 21.5 Å². The number of aliphatic hydroxyl groups excluding tert-OH is 1. The van der Waals surface area contributed by atoms with Gasteiger partial charge in [-0.2, -0.15) is 18.3 Å². The van der Waals surface area contributed by atoms with Gasteiger partial charge in [-0.25, -0.2) is 4.68 Å². The van der Waals surface area contributed by atoms with Gasteiger partial charge in [-0.3, -0.25) is 0 Å². The van der Waals surface area contributed by atoms with Crippen molar-refractivity contribution in [1.82, 2.24) is 9.78 Å². The number of ether oxygens (including phenoxy) is 1. The molecule has 0 aliphatic rings. The second-order valence-electron chi connectivity index (χ2n) is 4.64. The van der Waals surface area contributed by atoms with Crippen molar-refractivity contribution in [3.8, 4) is 11.6 Å². The van der Waals surface area contributed by atoms with Crippen LogP contribution in [0.25, 0.3) is 0 Å². The molecular formula is C14H14ClF3N2O2. The minimum Gasteiger partial charge on any atom is -0.439 e. The Bertz CT molecular complexity index is 656. The van der Waals surface area contributed by atoms with Gasteiger partial charge in [-0.1, -0.05) is 17.7 Å². The van der Waals surface area contributed by atoms with E-state index in [9.17, 15) is 13.2 Å². The number of halogens is 4. The molecule has 0 aliphatic heterocycles. The van der Waals surface area contributed by atoms with Crippen LogP contribution in [0.2, 0.25) is 5.02 Å². The number of nitrogens with zero attached hydrogens (tertiary/aromatic N) is 2. The van der Waals surface area contributed by atoms with Gasteiger partial charge in [0.05, 0.1) is 0 Å². The van der Waals surface area contributed by atoms with Gasteiger partial charge in [-0.15, -0.1) is 0 Å². The molecule has 2 aromatic rings.